The highest BCUT2D eigenvalue weighted by atomic mass is 35.5. The molecule has 0 saturated carbocycles. The third-order valence-corrected chi connectivity index (χ3v) is 3.03. The first kappa shape index (κ1) is 12.8. The fourth-order valence-corrected chi connectivity index (χ4v) is 2.32. The fraction of sp³-hybridized carbons (Fsp3) is 0.308. The molecule has 1 aromatic heterocycles. The van der Waals surface area contributed by atoms with Gasteiger partial charge in [-0.3, -0.25) is 4.79 Å². The number of rotatable bonds is 4. The molecule has 0 spiro atoms. The first-order chi connectivity index (χ1) is 8.58. The Morgan fingerprint density at radius 3 is 2.61 bits per heavy atom. The van der Waals surface area contributed by atoms with E-state index in [9.17, 15) is 4.79 Å². The molecule has 5 heteroatoms. The minimum atomic E-state index is -0.378. The summed E-state index contributed by atoms with van der Waals surface area (Å²) in [5, 5.41) is 0.571. The number of aryl methyl sites for hydroxylation is 1. The third-order valence-electron chi connectivity index (χ3n) is 2.90. The molecule has 0 aliphatic rings. The first-order valence-corrected chi connectivity index (χ1v) is 5.83. The summed E-state index contributed by atoms with van der Waals surface area (Å²) in [5.41, 5.74) is 1.78. The Hall–Kier alpha value is -1.68. The Morgan fingerprint density at radius 2 is 2.06 bits per heavy atom. The van der Waals surface area contributed by atoms with Crippen molar-refractivity contribution in [3.63, 3.8) is 0 Å². The van der Waals surface area contributed by atoms with Gasteiger partial charge >= 0.3 is 0 Å². The SMILES string of the molecule is COc1ccc2c(CC(=O)Cl)cn(C)c2c1OC. The second-order valence-electron chi connectivity index (χ2n) is 3.99. The molecular weight excluding hydrogens is 254 g/mol. The maximum atomic E-state index is 11.0. The maximum absolute atomic E-state index is 11.0. The Balaban J connectivity index is 2.71. The molecule has 0 radical (unpaired) electrons. The van der Waals surface area contributed by atoms with Gasteiger partial charge in [0.25, 0.3) is 0 Å². The van der Waals surface area contributed by atoms with Crippen molar-refractivity contribution in [3.8, 4) is 11.5 Å². The molecule has 18 heavy (non-hydrogen) atoms. The Labute approximate surface area is 110 Å². The number of hydrogen-bond acceptors (Lipinski definition) is 3. The Morgan fingerprint density at radius 1 is 1.33 bits per heavy atom. The highest BCUT2D eigenvalue weighted by molar-refractivity contribution is 6.63. The van der Waals surface area contributed by atoms with Crippen LogP contribution in [-0.4, -0.2) is 24.0 Å². The minimum Gasteiger partial charge on any atom is -0.493 e. The third kappa shape index (κ3) is 2.04. The lowest BCUT2D eigenvalue weighted by atomic mass is 10.1. The summed E-state index contributed by atoms with van der Waals surface area (Å²) in [6.07, 6.45) is 2.08. The van der Waals surface area contributed by atoms with Crippen molar-refractivity contribution in [2.75, 3.05) is 14.2 Å². The smallest absolute Gasteiger partial charge is 0.226 e. The van der Waals surface area contributed by atoms with Crippen molar-refractivity contribution in [3.05, 3.63) is 23.9 Å². The zero-order valence-corrected chi connectivity index (χ0v) is 11.2. The topological polar surface area (TPSA) is 40.5 Å². The van der Waals surface area contributed by atoms with E-state index in [-0.39, 0.29) is 11.7 Å². The number of carbonyl (C=O) groups excluding carboxylic acids is 1. The van der Waals surface area contributed by atoms with E-state index in [2.05, 4.69) is 0 Å². The summed E-state index contributed by atoms with van der Waals surface area (Å²) in [7, 11) is 5.08. The fourth-order valence-electron chi connectivity index (χ4n) is 2.18. The molecule has 0 N–H and O–H groups in total. The molecule has 0 amide bonds. The second kappa shape index (κ2) is 4.90. The number of nitrogens with zero attached hydrogens (tertiary/aromatic N) is 1. The van der Waals surface area contributed by atoms with E-state index < -0.39 is 0 Å². The summed E-state index contributed by atoms with van der Waals surface area (Å²) in [4.78, 5) is 11.0. The van der Waals surface area contributed by atoms with Crippen molar-refractivity contribution in [2.24, 2.45) is 7.05 Å². The van der Waals surface area contributed by atoms with Gasteiger partial charge in [0, 0.05) is 25.1 Å². The van der Waals surface area contributed by atoms with Gasteiger partial charge in [0.2, 0.25) is 5.24 Å². The summed E-state index contributed by atoms with van der Waals surface area (Å²) < 4.78 is 12.6. The maximum Gasteiger partial charge on any atom is 0.226 e. The molecule has 0 aliphatic heterocycles. The van der Waals surface area contributed by atoms with Crippen LogP contribution in [0.3, 0.4) is 0 Å². The van der Waals surface area contributed by atoms with E-state index in [0.717, 1.165) is 16.5 Å². The zero-order chi connectivity index (χ0) is 13.3. The molecule has 96 valence electrons. The Kier molecular flexibility index (Phi) is 3.48. The standard InChI is InChI=1S/C13H14ClNO3/c1-15-7-8(6-11(14)16)9-4-5-10(17-2)13(18-3)12(9)15/h4-5,7H,6H2,1-3H3. The minimum absolute atomic E-state index is 0.203. The molecule has 0 aliphatic carbocycles. The van der Waals surface area contributed by atoms with E-state index in [1.54, 1.807) is 14.2 Å². The number of methoxy groups -OCH3 is 2. The van der Waals surface area contributed by atoms with Gasteiger partial charge < -0.3 is 14.0 Å². The van der Waals surface area contributed by atoms with Crippen molar-refractivity contribution in [2.45, 2.75) is 6.42 Å². The molecule has 2 aromatic rings. The lowest BCUT2D eigenvalue weighted by Crippen LogP contribution is -1.94. The number of hydrogen-bond donors (Lipinski definition) is 0. The van der Waals surface area contributed by atoms with Gasteiger partial charge in [-0.1, -0.05) is 0 Å². The summed E-state index contributed by atoms with van der Waals surface area (Å²) in [5.74, 6) is 1.32. The van der Waals surface area contributed by atoms with Crippen LogP contribution in [0.1, 0.15) is 5.56 Å². The molecular formula is C13H14ClNO3. The molecule has 1 heterocycles. The van der Waals surface area contributed by atoms with Gasteiger partial charge in [-0.2, -0.15) is 0 Å². The van der Waals surface area contributed by atoms with Gasteiger partial charge in [0.1, 0.15) is 0 Å². The van der Waals surface area contributed by atoms with Crippen LogP contribution in [0.4, 0.5) is 0 Å². The molecule has 4 nitrogen and oxygen atoms in total. The van der Waals surface area contributed by atoms with Gasteiger partial charge in [0.15, 0.2) is 11.5 Å². The van der Waals surface area contributed by atoms with E-state index in [0.29, 0.717) is 11.5 Å². The number of carbonyl (C=O) groups is 1. The van der Waals surface area contributed by atoms with Crippen molar-refractivity contribution < 1.29 is 14.3 Å². The second-order valence-corrected chi connectivity index (χ2v) is 4.42. The molecule has 2 rings (SSSR count). The van der Waals surface area contributed by atoms with Crippen LogP contribution in [0.15, 0.2) is 18.3 Å². The van der Waals surface area contributed by atoms with Gasteiger partial charge in [0.05, 0.1) is 19.7 Å². The molecule has 1 aromatic carbocycles. The summed E-state index contributed by atoms with van der Waals surface area (Å²) in [6.45, 7) is 0. The van der Waals surface area contributed by atoms with Gasteiger partial charge in [-0.15, -0.1) is 0 Å². The Bertz CT molecular complexity index is 604. The molecule has 0 unspecified atom stereocenters. The summed E-state index contributed by atoms with van der Waals surface area (Å²) >= 11 is 5.45. The van der Waals surface area contributed by atoms with E-state index >= 15 is 0 Å². The van der Waals surface area contributed by atoms with E-state index in [1.165, 1.54) is 0 Å². The lowest BCUT2D eigenvalue weighted by molar-refractivity contribution is -0.111. The van der Waals surface area contributed by atoms with Crippen LogP contribution in [0, 0.1) is 0 Å². The number of halogens is 1. The average Bonchev–Trinajstić information content (AvgIpc) is 2.64. The van der Waals surface area contributed by atoms with Crippen molar-refractivity contribution in [1.29, 1.82) is 0 Å². The number of benzene rings is 1. The van der Waals surface area contributed by atoms with Crippen LogP contribution in [0.2, 0.25) is 0 Å². The van der Waals surface area contributed by atoms with E-state index in [4.69, 9.17) is 21.1 Å². The van der Waals surface area contributed by atoms with Crippen molar-refractivity contribution in [1.82, 2.24) is 4.57 Å². The quantitative estimate of drug-likeness (QED) is 0.799. The number of fused-ring (bicyclic) bond motifs is 1. The molecule has 0 fully saturated rings. The normalized spacial score (nSPS) is 10.7. The summed E-state index contributed by atoms with van der Waals surface area (Å²) in [6, 6.07) is 3.73. The van der Waals surface area contributed by atoms with Gasteiger partial charge in [-0.25, -0.2) is 0 Å². The molecule has 0 bridgehead atoms. The van der Waals surface area contributed by atoms with Crippen LogP contribution >= 0.6 is 11.6 Å². The van der Waals surface area contributed by atoms with Crippen LogP contribution in [-0.2, 0) is 18.3 Å². The average molecular weight is 268 g/mol. The molecule has 0 atom stereocenters. The van der Waals surface area contributed by atoms with Crippen LogP contribution < -0.4 is 9.47 Å². The monoisotopic (exact) mass is 267 g/mol. The number of ether oxygens (including phenoxy) is 2. The number of aromatic nitrogens is 1. The predicted octanol–water partition coefficient (Wildman–Crippen LogP) is 2.50. The largest absolute Gasteiger partial charge is 0.493 e. The first-order valence-electron chi connectivity index (χ1n) is 5.45. The zero-order valence-electron chi connectivity index (χ0n) is 10.5. The van der Waals surface area contributed by atoms with E-state index in [1.807, 2.05) is 29.9 Å². The van der Waals surface area contributed by atoms with Crippen molar-refractivity contribution >= 4 is 27.7 Å². The molecule has 0 saturated heterocycles. The predicted molar refractivity (Wildman–Crippen MR) is 70.6 cm³/mol. The highest BCUT2D eigenvalue weighted by Crippen LogP contribution is 2.37. The van der Waals surface area contributed by atoms with Crippen LogP contribution in [0.25, 0.3) is 10.9 Å². The van der Waals surface area contributed by atoms with Crippen LogP contribution in [0.5, 0.6) is 11.5 Å². The lowest BCUT2D eigenvalue weighted by Gasteiger charge is -2.10. The van der Waals surface area contributed by atoms with Gasteiger partial charge in [-0.05, 0) is 29.3 Å². The highest BCUT2D eigenvalue weighted by Gasteiger charge is 2.16.